The highest BCUT2D eigenvalue weighted by Crippen LogP contribution is 2.45. The van der Waals surface area contributed by atoms with Crippen molar-refractivity contribution >= 4 is 29.1 Å². The molecule has 0 bridgehead atoms. The molecular weight excluding hydrogens is 526 g/mol. The van der Waals surface area contributed by atoms with Gasteiger partial charge >= 0.3 is 0 Å². The highest BCUT2D eigenvalue weighted by molar-refractivity contribution is 6.46. The normalized spacial score (nSPS) is 16.3. The Labute approximate surface area is 231 Å². The molecule has 1 amide bonds. The van der Waals surface area contributed by atoms with E-state index in [9.17, 15) is 14.7 Å². The van der Waals surface area contributed by atoms with Crippen LogP contribution in [0.2, 0.25) is 5.02 Å². The van der Waals surface area contributed by atoms with Gasteiger partial charge in [0.05, 0.1) is 64.3 Å². The molecule has 0 aromatic heterocycles. The van der Waals surface area contributed by atoms with Gasteiger partial charge in [0, 0.05) is 11.6 Å². The van der Waals surface area contributed by atoms with Crippen molar-refractivity contribution in [1.82, 2.24) is 4.90 Å². The van der Waals surface area contributed by atoms with Gasteiger partial charge in [0.2, 0.25) is 0 Å². The number of aliphatic hydroxyl groups excluding tert-OH is 1. The minimum absolute atomic E-state index is 0.0332. The number of carbonyl (C=O) groups excluding carboxylic acids is 2. The molecule has 0 spiro atoms. The molecule has 1 fully saturated rings. The van der Waals surface area contributed by atoms with Gasteiger partial charge in [0.15, 0.2) is 11.5 Å². The van der Waals surface area contributed by atoms with Crippen molar-refractivity contribution in [3.63, 3.8) is 0 Å². The van der Waals surface area contributed by atoms with Crippen LogP contribution in [0.25, 0.3) is 5.76 Å². The lowest BCUT2D eigenvalue weighted by molar-refractivity contribution is -0.140. The van der Waals surface area contributed by atoms with E-state index in [1.165, 1.54) is 52.6 Å². The molecule has 1 N–H and O–H groups in total. The predicted octanol–water partition coefficient (Wildman–Crippen LogP) is 5.00. The summed E-state index contributed by atoms with van der Waals surface area (Å²) in [7, 11) is 7.34. The van der Waals surface area contributed by atoms with E-state index in [0.29, 0.717) is 28.4 Å². The quantitative estimate of drug-likeness (QED) is 0.224. The standard InChI is InChI=1S/C29H28ClNO8/c1-35-20-9-7-6-8-17(20)15-31-26(16-10-11-21(36-2)24(12-16)39-5)25(28(33)29(31)34)27(32)18-13-23(38-4)19(30)14-22(18)37-3/h6-14,26,32H,15H2,1-5H3/b27-25+. The van der Waals surface area contributed by atoms with Gasteiger partial charge in [0.25, 0.3) is 11.7 Å². The van der Waals surface area contributed by atoms with Crippen molar-refractivity contribution in [1.29, 1.82) is 0 Å². The van der Waals surface area contributed by atoms with Crippen molar-refractivity contribution in [2.24, 2.45) is 0 Å². The van der Waals surface area contributed by atoms with Crippen LogP contribution < -0.4 is 23.7 Å². The predicted molar refractivity (Wildman–Crippen MR) is 145 cm³/mol. The second-order valence-electron chi connectivity index (χ2n) is 8.54. The molecule has 0 radical (unpaired) electrons. The molecule has 204 valence electrons. The zero-order chi connectivity index (χ0) is 28.3. The number of likely N-dealkylation sites (tertiary alicyclic amines) is 1. The van der Waals surface area contributed by atoms with Crippen molar-refractivity contribution in [3.8, 4) is 28.7 Å². The Hall–Kier alpha value is -4.37. The number of rotatable bonds is 9. The van der Waals surface area contributed by atoms with Gasteiger partial charge < -0.3 is 33.7 Å². The van der Waals surface area contributed by atoms with Gasteiger partial charge in [-0.1, -0.05) is 35.9 Å². The van der Waals surface area contributed by atoms with Crippen LogP contribution in [0.4, 0.5) is 0 Å². The molecule has 1 atom stereocenters. The maximum absolute atomic E-state index is 13.6. The molecule has 10 heteroatoms. The zero-order valence-electron chi connectivity index (χ0n) is 22.1. The molecular formula is C29H28ClNO8. The lowest BCUT2D eigenvalue weighted by atomic mass is 9.94. The third-order valence-corrected chi connectivity index (χ3v) is 6.82. The average Bonchev–Trinajstić information content (AvgIpc) is 3.21. The van der Waals surface area contributed by atoms with Crippen molar-refractivity contribution < 1.29 is 38.4 Å². The highest BCUT2D eigenvalue weighted by Gasteiger charge is 2.47. The fraction of sp³-hybridized carbons (Fsp3) is 0.241. The number of aliphatic hydroxyl groups is 1. The van der Waals surface area contributed by atoms with Gasteiger partial charge in [-0.25, -0.2) is 0 Å². The Kier molecular flexibility index (Phi) is 8.21. The molecule has 1 aliphatic heterocycles. The molecule has 1 saturated heterocycles. The molecule has 39 heavy (non-hydrogen) atoms. The summed E-state index contributed by atoms with van der Waals surface area (Å²) in [6.45, 7) is 0.0332. The first-order chi connectivity index (χ1) is 18.8. The summed E-state index contributed by atoms with van der Waals surface area (Å²) in [5, 5.41) is 11.8. The molecule has 3 aromatic carbocycles. The highest BCUT2D eigenvalue weighted by atomic mass is 35.5. The minimum Gasteiger partial charge on any atom is -0.507 e. The van der Waals surface area contributed by atoms with E-state index in [1.54, 1.807) is 30.3 Å². The SMILES string of the molecule is COc1cc(/C(O)=C2\C(=O)C(=O)N(Cc3ccccc3OC)C2c2ccc(OC)c(OC)c2)c(OC)cc1Cl. The van der Waals surface area contributed by atoms with Gasteiger partial charge in [-0.3, -0.25) is 9.59 Å². The van der Waals surface area contributed by atoms with E-state index in [2.05, 4.69) is 0 Å². The maximum Gasteiger partial charge on any atom is 0.295 e. The summed E-state index contributed by atoms with van der Waals surface area (Å²) < 4.78 is 27.1. The fourth-order valence-corrected chi connectivity index (χ4v) is 4.85. The van der Waals surface area contributed by atoms with E-state index < -0.39 is 23.5 Å². The Morgan fingerprint density at radius 1 is 0.795 bits per heavy atom. The Morgan fingerprint density at radius 2 is 1.44 bits per heavy atom. The number of ketones is 1. The number of halogens is 1. The second-order valence-corrected chi connectivity index (χ2v) is 8.95. The molecule has 4 rings (SSSR count). The number of hydrogen-bond donors (Lipinski definition) is 1. The van der Waals surface area contributed by atoms with E-state index in [1.807, 2.05) is 12.1 Å². The van der Waals surface area contributed by atoms with E-state index in [-0.39, 0.29) is 34.2 Å². The number of nitrogens with zero attached hydrogens (tertiary/aromatic N) is 1. The molecule has 3 aromatic rings. The Bertz CT molecular complexity index is 1450. The number of carbonyl (C=O) groups is 2. The number of Topliss-reactive ketones (excluding diaryl/α,β-unsaturated/α-hetero) is 1. The lowest BCUT2D eigenvalue weighted by Gasteiger charge is -2.26. The zero-order valence-corrected chi connectivity index (χ0v) is 22.9. The first-order valence-electron chi connectivity index (χ1n) is 11.8. The first kappa shape index (κ1) is 27.7. The topological polar surface area (TPSA) is 104 Å². The summed E-state index contributed by atoms with van der Waals surface area (Å²) in [6, 6.07) is 14.2. The summed E-state index contributed by atoms with van der Waals surface area (Å²) in [4.78, 5) is 28.5. The van der Waals surface area contributed by atoms with Gasteiger partial charge in [-0.05, 0) is 29.8 Å². The monoisotopic (exact) mass is 553 g/mol. The number of amides is 1. The van der Waals surface area contributed by atoms with Gasteiger partial charge in [-0.2, -0.15) is 0 Å². The Balaban J connectivity index is 1.97. The summed E-state index contributed by atoms with van der Waals surface area (Å²) in [6.07, 6.45) is 0. The number of methoxy groups -OCH3 is 5. The van der Waals surface area contributed by atoms with Crippen LogP contribution in [0.5, 0.6) is 28.7 Å². The van der Waals surface area contributed by atoms with Gasteiger partial charge in [0.1, 0.15) is 23.0 Å². The fourth-order valence-electron chi connectivity index (χ4n) is 4.62. The van der Waals surface area contributed by atoms with Gasteiger partial charge in [-0.15, -0.1) is 0 Å². The van der Waals surface area contributed by atoms with Crippen LogP contribution in [-0.2, 0) is 16.1 Å². The number of benzene rings is 3. The van der Waals surface area contributed by atoms with Crippen LogP contribution in [-0.4, -0.2) is 57.2 Å². The van der Waals surface area contributed by atoms with E-state index in [0.717, 1.165) is 0 Å². The van der Waals surface area contributed by atoms with Crippen molar-refractivity contribution in [2.75, 3.05) is 35.5 Å². The lowest BCUT2D eigenvalue weighted by Crippen LogP contribution is -2.29. The van der Waals surface area contributed by atoms with Crippen LogP contribution in [0.15, 0.2) is 60.2 Å². The number of hydrogen-bond acceptors (Lipinski definition) is 8. The third kappa shape index (κ3) is 5.05. The van der Waals surface area contributed by atoms with E-state index in [4.69, 9.17) is 35.3 Å². The maximum atomic E-state index is 13.6. The van der Waals surface area contributed by atoms with Crippen LogP contribution in [0, 0.1) is 0 Å². The molecule has 0 aliphatic carbocycles. The molecule has 1 unspecified atom stereocenters. The van der Waals surface area contributed by atoms with Crippen LogP contribution >= 0.6 is 11.6 Å². The average molecular weight is 554 g/mol. The van der Waals surface area contributed by atoms with Crippen molar-refractivity contribution in [2.45, 2.75) is 12.6 Å². The van der Waals surface area contributed by atoms with Crippen LogP contribution in [0.1, 0.15) is 22.7 Å². The van der Waals surface area contributed by atoms with Crippen molar-refractivity contribution in [3.05, 3.63) is 81.9 Å². The molecule has 1 heterocycles. The van der Waals surface area contributed by atoms with Crippen LogP contribution in [0.3, 0.4) is 0 Å². The number of para-hydroxylation sites is 1. The summed E-state index contributed by atoms with van der Waals surface area (Å²) in [5.41, 5.74) is 1.20. The minimum atomic E-state index is -0.985. The third-order valence-electron chi connectivity index (χ3n) is 6.53. The molecule has 9 nitrogen and oxygen atoms in total. The largest absolute Gasteiger partial charge is 0.507 e. The Morgan fingerprint density at radius 3 is 2.08 bits per heavy atom. The second kappa shape index (κ2) is 11.6. The summed E-state index contributed by atoms with van der Waals surface area (Å²) >= 11 is 6.26. The smallest absolute Gasteiger partial charge is 0.295 e. The summed E-state index contributed by atoms with van der Waals surface area (Å²) in [5.74, 6) is -0.238. The molecule has 0 saturated carbocycles. The molecule has 1 aliphatic rings. The first-order valence-corrected chi connectivity index (χ1v) is 12.2. The van der Waals surface area contributed by atoms with E-state index >= 15 is 0 Å². The number of ether oxygens (including phenoxy) is 5.